The Morgan fingerprint density at radius 3 is 3.06 bits per heavy atom. The van der Waals surface area contributed by atoms with E-state index in [-0.39, 0.29) is 11.7 Å². The molecule has 1 aliphatic rings. The lowest BCUT2D eigenvalue weighted by Crippen LogP contribution is -2.13. The molecule has 1 aromatic carbocycles. The highest BCUT2D eigenvalue weighted by molar-refractivity contribution is 5.85. The molecule has 1 aromatic heterocycles. The summed E-state index contributed by atoms with van der Waals surface area (Å²) in [6, 6.07) is 8.30. The molecule has 0 bridgehead atoms. The van der Waals surface area contributed by atoms with Gasteiger partial charge in [-0.2, -0.15) is 0 Å². The van der Waals surface area contributed by atoms with Crippen LogP contribution in [0.3, 0.4) is 0 Å². The van der Waals surface area contributed by atoms with Crippen molar-refractivity contribution in [3.8, 4) is 0 Å². The van der Waals surface area contributed by atoms with Crippen LogP contribution in [0.2, 0.25) is 0 Å². The Kier molecular flexibility index (Phi) is 2.21. The van der Waals surface area contributed by atoms with Crippen LogP contribution in [0.25, 0.3) is 0 Å². The summed E-state index contributed by atoms with van der Waals surface area (Å²) in [6.45, 7) is 0. The van der Waals surface area contributed by atoms with E-state index in [0.717, 1.165) is 12.8 Å². The van der Waals surface area contributed by atoms with Crippen molar-refractivity contribution >= 4 is 5.97 Å². The zero-order chi connectivity index (χ0) is 11.8. The number of nitrogens with zero attached hydrogens (tertiary/aromatic N) is 2. The minimum absolute atomic E-state index is 0.111. The number of fused-ring (bicyclic) bond motifs is 1. The first-order chi connectivity index (χ1) is 8.27. The van der Waals surface area contributed by atoms with Crippen molar-refractivity contribution in [3.63, 3.8) is 0 Å². The normalized spacial score (nSPS) is 18.0. The van der Waals surface area contributed by atoms with Crippen LogP contribution >= 0.6 is 0 Å². The van der Waals surface area contributed by atoms with E-state index in [2.05, 4.69) is 17.1 Å². The fourth-order valence-electron chi connectivity index (χ4n) is 2.54. The molecule has 0 aliphatic heterocycles. The van der Waals surface area contributed by atoms with Crippen molar-refractivity contribution in [2.24, 2.45) is 0 Å². The summed E-state index contributed by atoms with van der Waals surface area (Å²) in [4.78, 5) is 15.0. The number of hydrogen-bond acceptors (Lipinski definition) is 2. The van der Waals surface area contributed by atoms with Crippen LogP contribution < -0.4 is 0 Å². The van der Waals surface area contributed by atoms with E-state index in [4.69, 9.17) is 5.11 Å². The number of imidazole rings is 1. The predicted octanol–water partition coefficient (Wildman–Crippen LogP) is 2.12. The molecule has 86 valence electrons. The average Bonchev–Trinajstić information content (AvgIpc) is 2.94. The van der Waals surface area contributed by atoms with Crippen molar-refractivity contribution < 1.29 is 9.90 Å². The zero-order valence-corrected chi connectivity index (χ0v) is 9.21. The van der Waals surface area contributed by atoms with E-state index in [1.807, 2.05) is 12.1 Å². The summed E-state index contributed by atoms with van der Waals surface area (Å²) >= 11 is 0. The Morgan fingerprint density at radius 2 is 2.24 bits per heavy atom. The maximum atomic E-state index is 11.1. The van der Waals surface area contributed by atoms with Gasteiger partial charge in [-0.1, -0.05) is 24.3 Å². The molecule has 0 amide bonds. The van der Waals surface area contributed by atoms with E-state index in [0.29, 0.717) is 0 Å². The van der Waals surface area contributed by atoms with Gasteiger partial charge in [-0.05, 0) is 24.0 Å². The maximum absolute atomic E-state index is 11.1. The molecule has 1 N–H and O–H groups in total. The molecule has 0 unspecified atom stereocenters. The van der Waals surface area contributed by atoms with Gasteiger partial charge in [-0.3, -0.25) is 0 Å². The summed E-state index contributed by atoms with van der Waals surface area (Å²) in [5.41, 5.74) is 2.78. The van der Waals surface area contributed by atoms with Gasteiger partial charge in [-0.25, -0.2) is 9.78 Å². The second-order valence-electron chi connectivity index (χ2n) is 4.24. The molecule has 0 saturated heterocycles. The van der Waals surface area contributed by atoms with Crippen molar-refractivity contribution in [1.82, 2.24) is 9.55 Å². The SMILES string of the molecule is O=C(O)c1cncn1[C@@H]1CCc2ccccc21. The molecule has 1 aliphatic carbocycles. The van der Waals surface area contributed by atoms with Crippen LogP contribution in [-0.4, -0.2) is 20.6 Å². The Morgan fingerprint density at radius 1 is 1.41 bits per heavy atom. The highest BCUT2D eigenvalue weighted by Gasteiger charge is 2.26. The number of carboxylic acids is 1. The van der Waals surface area contributed by atoms with Crippen LogP contribution in [-0.2, 0) is 6.42 Å². The van der Waals surface area contributed by atoms with Gasteiger partial charge in [0.05, 0.1) is 18.6 Å². The monoisotopic (exact) mass is 228 g/mol. The third kappa shape index (κ3) is 1.53. The topological polar surface area (TPSA) is 55.1 Å². The molecule has 1 atom stereocenters. The number of benzene rings is 1. The fraction of sp³-hybridized carbons (Fsp3) is 0.231. The fourth-order valence-corrected chi connectivity index (χ4v) is 2.54. The molecular weight excluding hydrogens is 216 g/mol. The Balaban J connectivity index is 2.07. The van der Waals surface area contributed by atoms with Crippen LogP contribution in [0.1, 0.15) is 34.1 Å². The van der Waals surface area contributed by atoms with Gasteiger partial charge >= 0.3 is 5.97 Å². The lowest BCUT2D eigenvalue weighted by Gasteiger charge is -2.15. The molecule has 0 fully saturated rings. The van der Waals surface area contributed by atoms with Crippen LogP contribution in [0, 0.1) is 0 Å². The minimum Gasteiger partial charge on any atom is -0.477 e. The smallest absolute Gasteiger partial charge is 0.354 e. The van der Waals surface area contributed by atoms with Gasteiger partial charge in [0.25, 0.3) is 0 Å². The molecule has 0 spiro atoms. The number of carbonyl (C=O) groups is 1. The van der Waals surface area contributed by atoms with E-state index < -0.39 is 5.97 Å². The number of carboxylic acid groups (broad SMARTS) is 1. The molecule has 4 heteroatoms. The quantitative estimate of drug-likeness (QED) is 0.856. The highest BCUT2D eigenvalue weighted by Crippen LogP contribution is 2.34. The Bertz CT molecular complexity index is 574. The second kappa shape index (κ2) is 3.73. The van der Waals surface area contributed by atoms with Crippen LogP contribution in [0.4, 0.5) is 0 Å². The number of aromatic nitrogens is 2. The average molecular weight is 228 g/mol. The first-order valence-corrected chi connectivity index (χ1v) is 5.60. The molecule has 2 aromatic rings. The van der Waals surface area contributed by atoms with Gasteiger partial charge in [-0.15, -0.1) is 0 Å². The maximum Gasteiger partial charge on any atom is 0.354 e. The molecular formula is C13H12N2O2. The summed E-state index contributed by atoms with van der Waals surface area (Å²) in [5.74, 6) is -0.924. The third-order valence-electron chi connectivity index (χ3n) is 3.32. The molecule has 3 rings (SSSR count). The lowest BCUT2D eigenvalue weighted by molar-refractivity contribution is 0.0683. The number of aromatic carboxylic acids is 1. The Hall–Kier alpha value is -2.10. The third-order valence-corrected chi connectivity index (χ3v) is 3.32. The van der Waals surface area contributed by atoms with E-state index in [1.54, 1.807) is 10.9 Å². The van der Waals surface area contributed by atoms with E-state index in [9.17, 15) is 4.79 Å². The number of hydrogen-bond donors (Lipinski definition) is 1. The lowest BCUT2D eigenvalue weighted by atomic mass is 10.1. The van der Waals surface area contributed by atoms with Crippen molar-refractivity contribution in [2.45, 2.75) is 18.9 Å². The molecule has 0 radical (unpaired) electrons. The first-order valence-electron chi connectivity index (χ1n) is 5.60. The minimum atomic E-state index is -0.924. The van der Waals surface area contributed by atoms with Gasteiger partial charge in [0.2, 0.25) is 0 Å². The van der Waals surface area contributed by atoms with E-state index >= 15 is 0 Å². The number of rotatable bonds is 2. The van der Waals surface area contributed by atoms with Crippen molar-refractivity contribution in [2.75, 3.05) is 0 Å². The van der Waals surface area contributed by atoms with Crippen molar-refractivity contribution in [1.29, 1.82) is 0 Å². The largest absolute Gasteiger partial charge is 0.477 e. The zero-order valence-electron chi connectivity index (χ0n) is 9.21. The van der Waals surface area contributed by atoms with Gasteiger partial charge in [0.1, 0.15) is 5.69 Å². The molecule has 17 heavy (non-hydrogen) atoms. The van der Waals surface area contributed by atoms with Gasteiger partial charge < -0.3 is 9.67 Å². The molecule has 4 nitrogen and oxygen atoms in total. The molecule has 0 saturated carbocycles. The van der Waals surface area contributed by atoms with Gasteiger partial charge in [0, 0.05) is 0 Å². The van der Waals surface area contributed by atoms with Crippen LogP contribution in [0.5, 0.6) is 0 Å². The van der Waals surface area contributed by atoms with E-state index in [1.165, 1.54) is 17.3 Å². The standard InChI is InChI=1S/C13H12N2O2/c16-13(17)12-7-14-8-15(12)11-6-5-9-3-1-2-4-10(9)11/h1-4,7-8,11H,5-6H2,(H,16,17)/t11-/m1/s1. The summed E-state index contributed by atoms with van der Waals surface area (Å²) in [6.07, 6.45) is 4.95. The highest BCUT2D eigenvalue weighted by atomic mass is 16.4. The summed E-state index contributed by atoms with van der Waals surface area (Å²) in [7, 11) is 0. The Labute approximate surface area is 98.5 Å². The second-order valence-corrected chi connectivity index (χ2v) is 4.24. The summed E-state index contributed by atoms with van der Waals surface area (Å²) in [5, 5.41) is 9.10. The van der Waals surface area contributed by atoms with Gasteiger partial charge in [0.15, 0.2) is 0 Å². The van der Waals surface area contributed by atoms with Crippen molar-refractivity contribution in [3.05, 3.63) is 53.6 Å². The first kappa shape index (κ1) is 10.1. The summed E-state index contributed by atoms with van der Waals surface area (Å²) < 4.78 is 1.76. The predicted molar refractivity (Wildman–Crippen MR) is 62.1 cm³/mol. The van der Waals surface area contributed by atoms with Crippen LogP contribution in [0.15, 0.2) is 36.8 Å². The number of aryl methyl sites for hydroxylation is 1. The molecule has 1 heterocycles.